The number of aromatic nitrogens is 4. The molecule has 0 saturated heterocycles. The number of hydrogen-bond acceptors (Lipinski definition) is 6. The Morgan fingerprint density at radius 1 is 1.15 bits per heavy atom. The van der Waals surface area contributed by atoms with Gasteiger partial charge in [-0.2, -0.15) is 13.2 Å². The summed E-state index contributed by atoms with van der Waals surface area (Å²) in [4.78, 5) is 13.3. The normalized spacial score (nSPS) is 14.9. The van der Waals surface area contributed by atoms with Gasteiger partial charge in [0.25, 0.3) is 0 Å². The molecule has 33 heavy (non-hydrogen) atoms. The van der Waals surface area contributed by atoms with Crippen LogP contribution in [0.15, 0.2) is 24.5 Å². The first-order valence-electron chi connectivity index (χ1n) is 11.1. The Morgan fingerprint density at radius 2 is 1.91 bits per heavy atom. The molecule has 1 N–H and O–H groups in total. The summed E-state index contributed by atoms with van der Waals surface area (Å²) < 4.78 is 51.6. The van der Waals surface area contributed by atoms with Gasteiger partial charge in [-0.25, -0.2) is 15.0 Å². The lowest BCUT2D eigenvalue weighted by Crippen LogP contribution is -2.23. The maximum absolute atomic E-state index is 12.7. The van der Waals surface area contributed by atoms with E-state index in [1.165, 1.54) is 6.33 Å². The van der Waals surface area contributed by atoms with E-state index in [2.05, 4.69) is 20.3 Å². The summed E-state index contributed by atoms with van der Waals surface area (Å²) >= 11 is 0. The van der Waals surface area contributed by atoms with Gasteiger partial charge in [0.2, 0.25) is 0 Å². The number of hydrogen-bond donors (Lipinski definition) is 1. The van der Waals surface area contributed by atoms with Gasteiger partial charge in [0.1, 0.15) is 12.4 Å². The molecule has 0 unspecified atom stereocenters. The monoisotopic (exact) mass is 463 g/mol. The van der Waals surface area contributed by atoms with E-state index in [1.807, 2.05) is 32.0 Å². The zero-order chi connectivity index (χ0) is 23.6. The van der Waals surface area contributed by atoms with Crippen molar-refractivity contribution in [3.05, 3.63) is 35.9 Å². The molecule has 2 heterocycles. The summed E-state index contributed by atoms with van der Waals surface area (Å²) in [5.74, 6) is 2.48. The second-order valence-corrected chi connectivity index (χ2v) is 8.61. The smallest absolute Gasteiger partial charge is 0.405 e. The second-order valence-electron chi connectivity index (χ2n) is 8.61. The highest BCUT2D eigenvalue weighted by atomic mass is 19.4. The Labute approximate surface area is 190 Å². The van der Waals surface area contributed by atoms with Crippen LogP contribution in [0.4, 0.5) is 19.0 Å². The highest BCUT2D eigenvalue weighted by Crippen LogP contribution is 2.34. The van der Waals surface area contributed by atoms with Gasteiger partial charge in [-0.05, 0) is 43.4 Å². The van der Waals surface area contributed by atoms with Crippen molar-refractivity contribution in [2.24, 2.45) is 0 Å². The predicted molar refractivity (Wildman–Crippen MR) is 118 cm³/mol. The number of nitrogens with zero attached hydrogens (tertiary/aromatic N) is 4. The van der Waals surface area contributed by atoms with Crippen molar-refractivity contribution < 1.29 is 22.6 Å². The molecule has 1 fully saturated rings. The minimum atomic E-state index is -4.36. The molecule has 1 aromatic carbocycles. The third-order valence-corrected chi connectivity index (χ3v) is 5.63. The van der Waals surface area contributed by atoms with Crippen molar-refractivity contribution in [1.82, 2.24) is 19.5 Å². The number of methoxy groups -OCH3 is 1. The molecule has 10 heteroatoms. The molecule has 1 aromatic rings. The molecule has 1 saturated carbocycles. The molecule has 0 atom stereocenters. The lowest BCUT2D eigenvalue weighted by Gasteiger charge is -2.18. The Bertz CT molecular complexity index is 1060. The number of alkyl halides is 3. The molecular weight excluding hydrogens is 435 g/mol. The molecule has 1 aliphatic carbocycles. The van der Waals surface area contributed by atoms with Crippen molar-refractivity contribution in [2.75, 3.05) is 19.0 Å². The summed E-state index contributed by atoms with van der Waals surface area (Å²) in [5, 5.41) is 2.35. The fourth-order valence-corrected chi connectivity index (χ4v) is 3.93. The first-order chi connectivity index (χ1) is 15.7. The lowest BCUT2D eigenvalue weighted by molar-refractivity contribution is -0.115. The van der Waals surface area contributed by atoms with Crippen molar-refractivity contribution in [3.63, 3.8) is 0 Å². The average molecular weight is 464 g/mol. The number of anilines is 1. The highest BCUT2D eigenvalue weighted by molar-refractivity contribution is 5.67. The first-order valence-corrected chi connectivity index (χ1v) is 11.1. The molecule has 0 radical (unpaired) electrons. The van der Waals surface area contributed by atoms with Crippen molar-refractivity contribution >= 4 is 5.82 Å². The molecule has 2 aliphatic heterocycles. The maximum atomic E-state index is 12.7. The van der Waals surface area contributed by atoms with Crippen molar-refractivity contribution in [2.45, 2.75) is 64.3 Å². The van der Waals surface area contributed by atoms with E-state index in [0.29, 0.717) is 35.4 Å². The SMILES string of the molecule is COc1ccc(Cn2cnc(NCC(F)(F)F)c3nc(C(C)C)nc2-3)cc1OC1CCCC1. The van der Waals surface area contributed by atoms with Crippen LogP contribution in [-0.4, -0.2) is 45.5 Å². The van der Waals surface area contributed by atoms with Gasteiger partial charge in [0.15, 0.2) is 28.8 Å². The van der Waals surface area contributed by atoms with E-state index >= 15 is 0 Å². The second kappa shape index (κ2) is 9.44. The van der Waals surface area contributed by atoms with Gasteiger partial charge in [0.05, 0.1) is 26.1 Å². The van der Waals surface area contributed by atoms with Crippen molar-refractivity contribution in [3.8, 4) is 23.0 Å². The van der Waals surface area contributed by atoms with Gasteiger partial charge in [0, 0.05) is 5.92 Å². The fourth-order valence-electron chi connectivity index (χ4n) is 3.93. The summed E-state index contributed by atoms with van der Waals surface area (Å²) in [5.41, 5.74) is 1.25. The number of fused-ring (bicyclic) bond motifs is 1. The minimum absolute atomic E-state index is 0.0220. The van der Waals surface area contributed by atoms with E-state index in [-0.39, 0.29) is 17.8 Å². The van der Waals surface area contributed by atoms with E-state index in [4.69, 9.17) is 9.47 Å². The van der Waals surface area contributed by atoms with Gasteiger partial charge in [-0.15, -0.1) is 0 Å². The minimum Gasteiger partial charge on any atom is -0.493 e. The largest absolute Gasteiger partial charge is 0.493 e. The zero-order valence-corrected chi connectivity index (χ0v) is 18.9. The maximum Gasteiger partial charge on any atom is 0.405 e. The number of nitrogens with one attached hydrogen (secondary N) is 1. The Morgan fingerprint density at radius 3 is 2.58 bits per heavy atom. The van der Waals surface area contributed by atoms with E-state index < -0.39 is 12.7 Å². The summed E-state index contributed by atoms with van der Waals surface area (Å²) in [6.45, 7) is 3.09. The molecule has 0 amide bonds. The Kier molecular flexibility index (Phi) is 6.62. The number of ether oxygens (including phenoxy) is 2. The van der Waals surface area contributed by atoms with Gasteiger partial charge < -0.3 is 19.4 Å². The standard InChI is InChI=1S/C23H28F3N5O2/c1-14(2)20-29-19-21(27-12-23(24,25)26)28-13-31(22(19)30-20)11-15-8-9-17(32-3)18(10-15)33-16-6-4-5-7-16/h8-10,13-14,16,27H,4-7,11-12H2,1-3H3. The van der Waals surface area contributed by atoms with Gasteiger partial charge in [-0.1, -0.05) is 19.9 Å². The molecular formula is C23H28F3N5O2. The average Bonchev–Trinajstić information content (AvgIpc) is 3.43. The fraction of sp³-hybridized carbons (Fsp3) is 0.522. The third kappa shape index (κ3) is 5.48. The van der Waals surface area contributed by atoms with Gasteiger partial charge >= 0.3 is 6.18 Å². The Hall–Kier alpha value is -3.04. The van der Waals surface area contributed by atoms with Crippen LogP contribution in [0.1, 0.15) is 56.8 Å². The van der Waals surface area contributed by atoms with Gasteiger partial charge in [-0.3, -0.25) is 0 Å². The van der Waals surface area contributed by atoms with E-state index in [0.717, 1.165) is 31.2 Å². The summed E-state index contributed by atoms with van der Waals surface area (Å²) in [7, 11) is 1.61. The molecule has 0 spiro atoms. The Balaban J connectivity index is 1.64. The van der Waals surface area contributed by atoms with Crippen LogP contribution in [0.3, 0.4) is 0 Å². The van der Waals surface area contributed by atoms with Crippen LogP contribution in [-0.2, 0) is 6.54 Å². The lowest BCUT2D eigenvalue weighted by atomic mass is 10.2. The zero-order valence-electron chi connectivity index (χ0n) is 18.9. The molecule has 3 aliphatic rings. The van der Waals surface area contributed by atoms with E-state index in [9.17, 15) is 13.2 Å². The molecule has 7 nitrogen and oxygen atoms in total. The number of imidazole rings is 1. The van der Waals surface area contributed by atoms with Crippen molar-refractivity contribution in [1.29, 1.82) is 0 Å². The topological polar surface area (TPSA) is 74.1 Å². The molecule has 178 valence electrons. The first kappa shape index (κ1) is 23.1. The van der Waals surface area contributed by atoms with Crippen LogP contribution in [0.25, 0.3) is 11.5 Å². The molecule has 0 aromatic heterocycles. The third-order valence-electron chi connectivity index (χ3n) is 5.63. The summed E-state index contributed by atoms with van der Waals surface area (Å²) in [6, 6.07) is 5.72. The van der Waals surface area contributed by atoms with Crippen LogP contribution in [0, 0.1) is 0 Å². The summed E-state index contributed by atoms with van der Waals surface area (Å²) in [6.07, 6.45) is 1.69. The number of benzene rings is 1. The highest BCUT2D eigenvalue weighted by Gasteiger charge is 2.29. The van der Waals surface area contributed by atoms with Crippen LogP contribution >= 0.6 is 0 Å². The van der Waals surface area contributed by atoms with Crippen LogP contribution < -0.4 is 14.8 Å². The van der Waals surface area contributed by atoms with Crippen LogP contribution in [0.2, 0.25) is 0 Å². The van der Waals surface area contributed by atoms with E-state index in [1.54, 1.807) is 11.7 Å². The quantitative estimate of drug-likeness (QED) is 0.492. The molecule has 4 rings (SSSR count). The van der Waals surface area contributed by atoms with Crippen LogP contribution in [0.5, 0.6) is 11.5 Å². The molecule has 0 bridgehead atoms. The number of rotatable bonds is 8. The number of halogens is 3. The predicted octanol–water partition coefficient (Wildman–Crippen LogP) is 5.25.